The molecule has 0 aromatic heterocycles. The van der Waals surface area contributed by atoms with Crippen LogP contribution in [0.1, 0.15) is 64.4 Å². The summed E-state index contributed by atoms with van der Waals surface area (Å²) in [5.74, 6) is 1.61. The van der Waals surface area contributed by atoms with E-state index in [1.54, 1.807) is 0 Å². The SMILES string of the molecule is CCCNC1CCCC(Oc2ccc(C(C)C)cc2)C1. The number of nitrogens with one attached hydrogen (secondary N) is 1. The molecule has 1 aromatic carbocycles. The highest BCUT2D eigenvalue weighted by molar-refractivity contribution is 5.29. The van der Waals surface area contributed by atoms with Gasteiger partial charge in [-0.3, -0.25) is 0 Å². The van der Waals surface area contributed by atoms with Crippen molar-refractivity contribution in [1.82, 2.24) is 5.32 Å². The standard InChI is InChI=1S/C18H29NO/c1-4-12-19-16-6-5-7-18(13-16)20-17-10-8-15(9-11-17)14(2)3/h8-11,14,16,18-19H,4-7,12-13H2,1-3H3. The van der Waals surface area contributed by atoms with Crippen LogP contribution in [0.15, 0.2) is 24.3 Å². The molecule has 1 aliphatic rings. The fourth-order valence-electron chi connectivity index (χ4n) is 2.91. The van der Waals surface area contributed by atoms with Crippen LogP contribution < -0.4 is 10.1 Å². The average Bonchev–Trinajstić information content (AvgIpc) is 2.46. The Morgan fingerprint density at radius 2 is 1.95 bits per heavy atom. The van der Waals surface area contributed by atoms with Gasteiger partial charge in [0.1, 0.15) is 11.9 Å². The molecule has 0 spiro atoms. The van der Waals surface area contributed by atoms with E-state index in [0.29, 0.717) is 18.1 Å². The predicted molar refractivity (Wildman–Crippen MR) is 85.5 cm³/mol. The van der Waals surface area contributed by atoms with Crippen LogP contribution in [0.3, 0.4) is 0 Å². The van der Waals surface area contributed by atoms with Gasteiger partial charge in [0, 0.05) is 6.04 Å². The number of hydrogen-bond donors (Lipinski definition) is 1. The van der Waals surface area contributed by atoms with Crippen LogP contribution in [0.25, 0.3) is 0 Å². The molecular formula is C18H29NO. The minimum Gasteiger partial charge on any atom is -0.490 e. The second-order valence-corrected chi connectivity index (χ2v) is 6.28. The zero-order valence-electron chi connectivity index (χ0n) is 13.2. The first kappa shape index (κ1) is 15.4. The lowest BCUT2D eigenvalue weighted by atomic mass is 9.92. The number of benzene rings is 1. The first-order chi connectivity index (χ1) is 9.69. The van der Waals surface area contributed by atoms with Crippen molar-refractivity contribution in [3.05, 3.63) is 29.8 Å². The summed E-state index contributed by atoms with van der Waals surface area (Å²) in [5, 5.41) is 3.63. The van der Waals surface area contributed by atoms with Crippen molar-refractivity contribution in [2.45, 2.75) is 70.9 Å². The van der Waals surface area contributed by atoms with Crippen LogP contribution >= 0.6 is 0 Å². The molecule has 1 aliphatic carbocycles. The van der Waals surface area contributed by atoms with Gasteiger partial charge >= 0.3 is 0 Å². The number of rotatable bonds is 6. The Kier molecular flexibility index (Phi) is 5.90. The van der Waals surface area contributed by atoms with Gasteiger partial charge < -0.3 is 10.1 Å². The van der Waals surface area contributed by atoms with Gasteiger partial charge in [-0.1, -0.05) is 32.9 Å². The molecule has 0 bridgehead atoms. The summed E-state index contributed by atoms with van der Waals surface area (Å²) in [6.45, 7) is 7.79. The molecule has 1 saturated carbocycles. The lowest BCUT2D eigenvalue weighted by molar-refractivity contribution is 0.135. The Bertz CT molecular complexity index is 385. The van der Waals surface area contributed by atoms with Gasteiger partial charge in [-0.15, -0.1) is 0 Å². The summed E-state index contributed by atoms with van der Waals surface area (Å²) >= 11 is 0. The molecular weight excluding hydrogens is 246 g/mol. The second kappa shape index (κ2) is 7.68. The lowest BCUT2D eigenvalue weighted by Gasteiger charge is -2.30. The van der Waals surface area contributed by atoms with Crippen molar-refractivity contribution < 1.29 is 4.74 Å². The molecule has 1 fully saturated rings. The van der Waals surface area contributed by atoms with Gasteiger partial charge in [0.15, 0.2) is 0 Å². The lowest BCUT2D eigenvalue weighted by Crippen LogP contribution is -2.38. The molecule has 20 heavy (non-hydrogen) atoms. The van der Waals surface area contributed by atoms with Crippen molar-refractivity contribution in [1.29, 1.82) is 0 Å². The molecule has 0 aliphatic heterocycles. The average molecular weight is 275 g/mol. The molecule has 0 radical (unpaired) electrons. The van der Waals surface area contributed by atoms with Crippen molar-refractivity contribution >= 4 is 0 Å². The third-order valence-electron chi connectivity index (χ3n) is 4.16. The van der Waals surface area contributed by atoms with E-state index >= 15 is 0 Å². The highest BCUT2D eigenvalue weighted by Gasteiger charge is 2.22. The molecule has 2 nitrogen and oxygen atoms in total. The van der Waals surface area contributed by atoms with E-state index in [4.69, 9.17) is 4.74 Å². The fraction of sp³-hybridized carbons (Fsp3) is 0.667. The maximum atomic E-state index is 6.16. The maximum absolute atomic E-state index is 6.16. The minimum atomic E-state index is 0.378. The highest BCUT2D eigenvalue weighted by atomic mass is 16.5. The minimum absolute atomic E-state index is 0.378. The van der Waals surface area contributed by atoms with Crippen molar-refractivity contribution in [2.24, 2.45) is 0 Å². The first-order valence-corrected chi connectivity index (χ1v) is 8.19. The van der Waals surface area contributed by atoms with Gasteiger partial charge in [-0.2, -0.15) is 0 Å². The summed E-state index contributed by atoms with van der Waals surface area (Å²) in [4.78, 5) is 0. The quantitative estimate of drug-likeness (QED) is 0.825. The van der Waals surface area contributed by atoms with Crippen molar-refractivity contribution in [3.63, 3.8) is 0 Å². The van der Waals surface area contributed by atoms with Gasteiger partial charge in [0.2, 0.25) is 0 Å². The smallest absolute Gasteiger partial charge is 0.119 e. The van der Waals surface area contributed by atoms with Crippen LogP contribution in [0.4, 0.5) is 0 Å². The Balaban J connectivity index is 1.85. The summed E-state index contributed by atoms with van der Waals surface area (Å²) in [6.07, 6.45) is 6.49. The molecule has 0 amide bonds. The van der Waals surface area contributed by atoms with E-state index in [-0.39, 0.29) is 0 Å². The molecule has 2 heteroatoms. The topological polar surface area (TPSA) is 21.3 Å². The van der Waals surface area contributed by atoms with Gasteiger partial charge in [-0.25, -0.2) is 0 Å². The van der Waals surface area contributed by atoms with E-state index in [9.17, 15) is 0 Å². The van der Waals surface area contributed by atoms with Gasteiger partial charge in [0.25, 0.3) is 0 Å². The fourth-order valence-corrected chi connectivity index (χ4v) is 2.91. The molecule has 112 valence electrons. The van der Waals surface area contributed by atoms with Crippen LogP contribution in [0, 0.1) is 0 Å². The third kappa shape index (κ3) is 4.52. The monoisotopic (exact) mass is 275 g/mol. The van der Waals surface area contributed by atoms with Crippen LogP contribution in [-0.2, 0) is 0 Å². The molecule has 2 rings (SSSR count). The summed E-state index contributed by atoms with van der Waals surface area (Å²) in [7, 11) is 0. The predicted octanol–water partition coefficient (Wildman–Crippen LogP) is 4.50. The summed E-state index contributed by atoms with van der Waals surface area (Å²) < 4.78 is 6.16. The molecule has 1 N–H and O–H groups in total. The van der Waals surface area contributed by atoms with E-state index in [1.165, 1.54) is 31.2 Å². The van der Waals surface area contributed by atoms with Crippen LogP contribution in [0.2, 0.25) is 0 Å². The van der Waals surface area contributed by atoms with E-state index in [1.807, 2.05) is 0 Å². The van der Waals surface area contributed by atoms with E-state index in [0.717, 1.165) is 18.7 Å². The molecule has 0 saturated heterocycles. The number of hydrogen-bond acceptors (Lipinski definition) is 2. The molecule has 1 aromatic rings. The Hall–Kier alpha value is -1.02. The van der Waals surface area contributed by atoms with Gasteiger partial charge in [0.05, 0.1) is 0 Å². The third-order valence-corrected chi connectivity index (χ3v) is 4.16. The zero-order valence-corrected chi connectivity index (χ0v) is 13.2. The van der Waals surface area contributed by atoms with Gasteiger partial charge in [-0.05, 0) is 62.3 Å². The molecule has 0 heterocycles. The normalized spacial score (nSPS) is 23.0. The Morgan fingerprint density at radius 3 is 2.60 bits per heavy atom. The van der Waals surface area contributed by atoms with Crippen molar-refractivity contribution in [3.8, 4) is 5.75 Å². The number of ether oxygens (including phenoxy) is 1. The van der Waals surface area contributed by atoms with E-state index in [2.05, 4.69) is 50.4 Å². The first-order valence-electron chi connectivity index (χ1n) is 8.19. The molecule has 2 unspecified atom stereocenters. The second-order valence-electron chi connectivity index (χ2n) is 6.28. The molecule has 2 atom stereocenters. The van der Waals surface area contributed by atoms with Crippen LogP contribution in [-0.4, -0.2) is 18.7 Å². The largest absolute Gasteiger partial charge is 0.490 e. The van der Waals surface area contributed by atoms with Crippen molar-refractivity contribution in [2.75, 3.05) is 6.54 Å². The Labute approximate surface area is 123 Å². The van der Waals surface area contributed by atoms with Crippen LogP contribution in [0.5, 0.6) is 5.75 Å². The highest BCUT2D eigenvalue weighted by Crippen LogP contribution is 2.25. The maximum Gasteiger partial charge on any atom is 0.119 e. The summed E-state index contributed by atoms with van der Waals surface area (Å²) in [5.41, 5.74) is 1.38. The van der Waals surface area contributed by atoms with E-state index < -0.39 is 0 Å². The summed E-state index contributed by atoms with van der Waals surface area (Å²) in [6, 6.07) is 9.27. The Morgan fingerprint density at radius 1 is 1.20 bits per heavy atom. The zero-order chi connectivity index (χ0) is 14.4.